The highest BCUT2D eigenvalue weighted by Crippen LogP contribution is 2.45. The number of piperazine rings is 1. The Morgan fingerprint density at radius 3 is 2.71 bits per heavy atom. The number of rotatable bonds is 3. The van der Waals surface area contributed by atoms with Gasteiger partial charge in [0.05, 0.1) is 0 Å². The maximum absolute atomic E-state index is 3.58. The van der Waals surface area contributed by atoms with E-state index in [1.54, 1.807) is 0 Å². The van der Waals surface area contributed by atoms with Crippen LogP contribution >= 0.6 is 0 Å². The largest absolute Gasteiger partial charge is 0.311 e. The molecule has 1 saturated heterocycles. The van der Waals surface area contributed by atoms with E-state index in [-0.39, 0.29) is 0 Å². The van der Waals surface area contributed by atoms with Gasteiger partial charge in [0.15, 0.2) is 0 Å². The molecule has 0 aromatic carbocycles. The second kappa shape index (κ2) is 3.82. The van der Waals surface area contributed by atoms with E-state index >= 15 is 0 Å². The molecule has 2 aliphatic rings. The van der Waals surface area contributed by atoms with Gasteiger partial charge in [-0.05, 0) is 31.6 Å². The Morgan fingerprint density at radius 1 is 1.43 bits per heavy atom. The molecule has 0 amide bonds. The van der Waals surface area contributed by atoms with E-state index in [0.717, 1.165) is 6.04 Å². The maximum Gasteiger partial charge on any atom is 0.0219 e. The minimum Gasteiger partial charge on any atom is -0.311 e. The summed E-state index contributed by atoms with van der Waals surface area (Å²) < 4.78 is 0. The Kier molecular flexibility index (Phi) is 2.85. The zero-order valence-electron chi connectivity index (χ0n) is 9.84. The number of hydrogen-bond donors (Lipinski definition) is 1. The zero-order chi connectivity index (χ0) is 10.2. The van der Waals surface area contributed by atoms with Crippen molar-refractivity contribution in [1.82, 2.24) is 10.2 Å². The van der Waals surface area contributed by atoms with Crippen LogP contribution in [0.2, 0.25) is 0 Å². The molecule has 2 heteroatoms. The summed E-state index contributed by atoms with van der Waals surface area (Å²) in [6.45, 7) is 10.8. The molecule has 2 nitrogen and oxygen atoms in total. The molecule has 1 aliphatic heterocycles. The molecule has 0 aromatic heterocycles. The fourth-order valence-electron chi connectivity index (χ4n) is 2.49. The van der Waals surface area contributed by atoms with Crippen molar-refractivity contribution in [3.8, 4) is 0 Å². The van der Waals surface area contributed by atoms with Gasteiger partial charge in [-0.3, -0.25) is 4.90 Å². The molecule has 0 radical (unpaired) electrons. The molecule has 2 unspecified atom stereocenters. The van der Waals surface area contributed by atoms with Crippen LogP contribution in [0.1, 0.15) is 40.0 Å². The van der Waals surface area contributed by atoms with E-state index in [4.69, 9.17) is 0 Å². The molecule has 2 fully saturated rings. The van der Waals surface area contributed by atoms with Crippen molar-refractivity contribution in [3.05, 3.63) is 0 Å². The summed E-state index contributed by atoms with van der Waals surface area (Å²) in [6.07, 6.45) is 4.18. The summed E-state index contributed by atoms with van der Waals surface area (Å²) in [5, 5.41) is 3.58. The van der Waals surface area contributed by atoms with Crippen LogP contribution in [0.5, 0.6) is 0 Å². The summed E-state index contributed by atoms with van der Waals surface area (Å²) in [5.41, 5.74) is 0.671. The van der Waals surface area contributed by atoms with Crippen molar-refractivity contribution in [3.63, 3.8) is 0 Å². The molecule has 2 rings (SSSR count). The Labute approximate surface area is 88.1 Å². The van der Waals surface area contributed by atoms with Crippen molar-refractivity contribution in [2.45, 2.75) is 52.1 Å². The predicted octanol–water partition coefficient (Wildman–Crippen LogP) is 1.86. The molecular formula is C12H24N2. The van der Waals surface area contributed by atoms with Gasteiger partial charge in [0, 0.05) is 31.7 Å². The van der Waals surface area contributed by atoms with Crippen molar-refractivity contribution < 1.29 is 0 Å². The van der Waals surface area contributed by atoms with Gasteiger partial charge in [0.25, 0.3) is 0 Å². The van der Waals surface area contributed by atoms with Crippen LogP contribution in [-0.4, -0.2) is 36.6 Å². The molecule has 1 N–H and O–H groups in total. The Bertz CT molecular complexity index is 198. The summed E-state index contributed by atoms with van der Waals surface area (Å²) in [7, 11) is 0. The second-order valence-corrected chi connectivity index (χ2v) is 5.61. The third kappa shape index (κ3) is 2.29. The van der Waals surface area contributed by atoms with Crippen LogP contribution in [0.3, 0.4) is 0 Å². The van der Waals surface area contributed by atoms with Gasteiger partial charge in [-0.1, -0.05) is 13.8 Å². The van der Waals surface area contributed by atoms with Crippen molar-refractivity contribution in [2.75, 3.05) is 19.6 Å². The van der Waals surface area contributed by atoms with E-state index in [9.17, 15) is 0 Å². The normalized spacial score (nSPS) is 37.1. The SMILES string of the molecule is CCC1CNC(C)CN1CC1(C)CC1. The molecule has 0 bridgehead atoms. The van der Waals surface area contributed by atoms with Crippen LogP contribution in [0.25, 0.3) is 0 Å². The van der Waals surface area contributed by atoms with Crippen LogP contribution in [0, 0.1) is 5.41 Å². The van der Waals surface area contributed by atoms with Crippen LogP contribution in [0.15, 0.2) is 0 Å². The first-order valence-electron chi connectivity index (χ1n) is 6.10. The van der Waals surface area contributed by atoms with E-state index in [2.05, 4.69) is 31.0 Å². The monoisotopic (exact) mass is 196 g/mol. The lowest BCUT2D eigenvalue weighted by Gasteiger charge is -2.40. The van der Waals surface area contributed by atoms with Gasteiger partial charge in [-0.2, -0.15) is 0 Å². The Balaban J connectivity index is 1.91. The van der Waals surface area contributed by atoms with Gasteiger partial charge in [-0.15, -0.1) is 0 Å². The number of hydrogen-bond acceptors (Lipinski definition) is 2. The van der Waals surface area contributed by atoms with Gasteiger partial charge >= 0.3 is 0 Å². The fourth-order valence-corrected chi connectivity index (χ4v) is 2.49. The molecule has 0 aromatic rings. The molecule has 14 heavy (non-hydrogen) atoms. The topological polar surface area (TPSA) is 15.3 Å². The van der Waals surface area contributed by atoms with E-state index in [0.29, 0.717) is 11.5 Å². The molecule has 82 valence electrons. The fraction of sp³-hybridized carbons (Fsp3) is 1.00. The molecule has 0 spiro atoms. The summed E-state index contributed by atoms with van der Waals surface area (Å²) in [6, 6.07) is 1.46. The average Bonchev–Trinajstić information content (AvgIpc) is 2.84. The third-order valence-corrected chi connectivity index (χ3v) is 3.89. The minimum atomic E-state index is 0.671. The standard InChI is InChI=1S/C12H24N2/c1-4-11-7-13-10(2)8-14(11)9-12(3)5-6-12/h10-11,13H,4-9H2,1-3H3. The van der Waals surface area contributed by atoms with Gasteiger partial charge < -0.3 is 5.32 Å². The maximum atomic E-state index is 3.58. The molecular weight excluding hydrogens is 172 g/mol. The van der Waals surface area contributed by atoms with Gasteiger partial charge in [0.1, 0.15) is 0 Å². The zero-order valence-corrected chi connectivity index (χ0v) is 9.84. The summed E-state index contributed by atoms with van der Waals surface area (Å²) in [5.74, 6) is 0. The average molecular weight is 196 g/mol. The van der Waals surface area contributed by atoms with Gasteiger partial charge in [0.2, 0.25) is 0 Å². The number of nitrogens with one attached hydrogen (secondary N) is 1. The quantitative estimate of drug-likeness (QED) is 0.741. The van der Waals surface area contributed by atoms with Crippen LogP contribution < -0.4 is 5.32 Å². The first-order chi connectivity index (χ1) is 6.63. The van der Waals surface area contributed by atoms with Crippen molar-refractivity contribution in [1.29, 1.82) is 0 Å². The lowest BCUT2D eigenvalue weighted by Crippen LogP contribution is -2.56. The van der Waals surface area contributed by atoms with E-state index in [1.165, 1.54) is 38.9 Å². The molecule has 1 saturated carbocycles. The lowest BCUT2D eigenvalue weighted by molar-refractivity contribution is 0.109. The van der Waals surface area contributed by atoms with Gasteiger partial charge in [-0.25, -0.2) is 0 Å². The van der Waals surface area contributed by atoms with Crippen LogP contribution in [-0.2, 0) is 0 Å². The van der Waals surface area contributed by atoms with E-state index < -0.39 is 0 Å². The molecule has 1 aliphatic carbocycles. The first-order valence-corrected chi connectivity index (χ1v) is 6.10. The Hall–Kier alpha value is -0.0800. The van der Waals surface area contributed by atoms with E-state index in [1.807, 2.05) is 0 Å². The van der Waals surface area contributed by atoms with Crippen molar-refractivity contribution in [2.24, 2.45) is 5.41 Å². The summed E-state index contributed by atoms with van der Waals surface area (Å²) >= 11 is 0. The highest BCUT2D eigenvalue weighted by atomic mass is 15.2. The summed E-state index contributed by atoms with van der Waals surface area (Å²) in [4.78, 5) is 2.72. The van der Waals surface area contributed by atoms with Crippen LogP contribution in [0.4, 0.5) is 0 Å². The smallest absolute Gasteiger partial charge is 0.0219 e. The minimum absolute atomic E-state index is 0.671. The molecule has 2 atom stereocenters. The third-order valence-electron chi connectivity index (χ3n) is 3.89. The highest BCUT2D eigenvalue weighted by molar-refractivity contribution is 4.94. The highest BCUT2D eigenvalue weighted by Gasteiger charge is 2.40. The second-order valence-electron chi connectivity index (χ2n) is 5.61. The first kappa shape index (κ1) is 10.4. The predicted molar refractivity (Wildman–Crippen MR) is 60.5 cm³/mol. The number of nitrogens with zero attached hydrogens (tertiary/aromatic N) is 1. The lowest BCUT2D eigenvalue weighted by atomic mass is 10.0. The molecule has 1 heterocycles. The van der Waals surface area contributed by atoms with Crippen molar-refractivity contribution >= 4 is 0 Å². The Morgan fingerprint density at radius 2 is 2.14 bits per heavy atom.